The second-order valence-electron chi connectivity index (χ2n) is 8.78. The molecule has 3 heterocycles. The Morgan fingerprint density at radius 3 is 2.55 bits per heavy atom. The molecule has 2 atom stereocenters. The summed E-state index contributed by atoms with van der Waals surface area (Å²) in [4.78, 5) is 54.8. The lowest BCUT2D eigenvalue weighted by Gasteiger charge is -2.33. The van der Waals surface area contributed by atoms with Crippen LogP contribution in [0.1, 0.15) is 55.3 Å². The molecule has 0 saturated carbocycles. The molecule has 0 unspecified atom stereocenters. The largest absolute Gasteiger partial charge is 0.481 e. The van der Waals surface area contributed by atoms with Gasteiger partial charge in [-0.25, -0.2) is 0 Å². The minimum absolute atomic E-state index is 0.0686. The van der Waals surface area contributed by atoms with Gasteiger partial charge in [0.05, 0.1) is 12.3 Å². The van der Waals surface area contributed by atoms with Gasteiger partial charge < -0.3 is 26.0 Å². The first kappa shape index (κ1) is 24.6. The van der Waals surface area contributed by atoms with E-state index in [-0.39, 0.29) is 11.8 Å². The van der Waals surface area contributed by atoms with E-state index < -0.39 is 30.4 Å². The normalized spacial score (nSPS) is 20.0. The quantitative estimate of drug-likeness (QED) is 0.399. The number of likely N-dealkylation sites (tertiary alicyclic amines) is 1. The molecule has 2 saturated heterocycles. The van der Waals surface area contributed by atoms with Crippen LogP contribution in [-0.2, 0) is 14.4 Å². The Labute approximate surface area is 193 Å². The summed E-state index contributed by atoms with van der Waals surface area (Å²) < 4.78 is 0. The molecule has 3 amide bonds. The molecule has 0 aliphatic carbocycles. The van der Waals surface area contributed by atoms with Gasteiger partial charge in [-0.1, -0.05) is 0 Å². The highest BCUT2D eigenvalue weighted by Gasteiger charge is 2.30. The molecule has 0 bridgehead atoms. The fourth-order valence-electron chi connectivity index (χ4n) is 4.42. The molecular weight excluding hydrogens is 426 g/mol. The number of pyridine rings is 1. The van der Waals surface area contributed by atoms with Crippen molar-refractivity contribution in [3.8, 4) is 0 Å². The first-order valence-electron chi connectivity index (χ1n) is 11.6. The smallest absolute Gasteiger partial charge is 0.307 e. The van der Waals surface area contributed by atoms with Crippen LogP contribution in [0.5, 0.6) is 0 Å². The number of hydrogen-bond donors (Lipinski definition) is 4. The Hall–Kier alpha value is -3.01. The number of carboxylic acids is 1. The number of rotatable bonds is 9. The Morgan fingerprint density at radius 2 is 1.85 bits per heavy atom. The number of nitrogens with zero attached hydrogens (tertiary/aromatic N) is 2. The van der Waals surface area contributed by atoms with E-state index in [0.717, 1.165) is 32.4 Å². The predicted octanol–water partition coefficient (Wildman–Crippen LogP) is 0.747. The standard InChI is InChI=1S/C23H33N5O5/c29-20(4-3-16-5-9-24-10-6-16)28-13-1-2-18(15-28)23(33)27-19(14-21(30)31)26-22(32)17-7-11-25-12-8-17/h7-8,11-12,16,18-19,24H,1-6,9-10,13-15H2,(H,26,32)(H,27,33)(H,30,31)/t18-,19+/m1/s1. The van der Waals surface area contributed by atoms with E-state index >= 15 is 0 Å². The van der Waals surface area contributed by atoms with Gasteiger partial charge in [0.1, 0.15) is 6.17 Å². The number of amides is 3. The molecule has 4 N–H and O–H groups in total. The van der Waals surface area contributed by atoms with E-state index in [1.807, 2.05) is 0 Å². The van der Waals surface area contributed by atoms with Crippen molar-refractivity contribution in [1.82, 2.24) is 25.8 Å². The van der Waals surface area contributed by atoms with E-state index in [9.17, 15) is 24.3 Å². The van der Waals surface area contributed by atoms with Crippen LogP contribution in [0.15, 0.2) is 24.5 Å². The van der Waals surface area contributed by atoms with Crippen LogP contribution >= 0.6 is 0 Å². The van der Waals surface area contributed by atoms with Crippen molar-refractivity contribution in [2.75, 3.05) is 26.2 Å². The van der Waals surface area contributed by atoms with Gasteiger partial charge in [-0.05, 0) is 63.2 Å². The van der Waals surface area contributed by atoms with Gasteiger partial charge in [0.2, 0.25) is 11.8 Å². The number of hydrogen-bond acceptors (Lipinski definition) is 6. The van der Waals surface area contributed by atoms with Crippen molar-refractivity contribution >= 4 is 23.7 Å². The van der Waals surface area contributed by atoms with Crippen LogP contribution < -0.4 is 16.0 Å². The summed E-state index contributed by atoms with van der Waals surface area (Å²) in [6.45, 7) is 2.95. The zero-order valence-corrected chi connectivity index (χ0v) is 18.8. The van der Waals surface area contributed by atoms with E-state index in [0.29, 0.717) is 43.8 Å². The van der Waals surface area contributed by atoms with Crippen LogP contribution in [0.4, 0.5) is 0 Å². The van der Waals surface area contributed by atoms with E-state index in [1.165, 1.54) is 24.5 Å². The summed E-state index contributed by atoms with van der Waals surface area (Å²) in [6, 6.07) is 3.01. The molecule has 1 aromatic rings. The van der Waals surface area contributed by atoms with E-state index in [1.54, 1.807) is 4.90 Å². The van der Waals surface area contributed by atoms with Gasteiger partial charge in [-0.3, -0.25) is 24.2 Å². The average Bonchev–Trinajstić information content (AvgIpc) is 2.83. The lowest BCUT2D eigenvalue weighted by Crippen LogP contribution is -2.53. The topological polar surface area (TPSA) is 141 Å². The fourth-order valence-corrected chi connectivity index (χ4v) is 4.42. The summed E-state index contributed by atoms with van der Waals surface area (Å²) in [7, 11) is 0. The maximum Gasteiger partial charge on any atom is 0.307 e. The molecule has 0 radical (unpaired) electrons. The van der Waals surface area contributed by atoms with E-state index in [4.69, 9.17) is 0 Å². The number of piperidine rings is 2. The van der Waals surface area contributed by atoms with Crippen molar-refractivity contribution in [2.45, 2.75) is 51.1 Å². The third-order valence-corrected chi connectivity index (χ3v) is 6.31. The number of aliphatic carboxylic acids is 1. The van der Waals surface area contributed by atoms with Gasteiger partial charge in [-0.2, -0.15) is 0 Å². The molecule has 10 heteroatoms. The maximum atomic E-state index is 12.9. The number of nitrogens with one attached hydrogen (secondary N) is 3. The Kier molecular flexibility index (Phi) is 9.17. The molecule has 10 nitrogen and oxygen atoms in total. The third kappa shape index (κ3) is 7.81. The van der Waals surface area contributed by atoms with Gasteiger partial charge >= 0.3 is 5.97 Å². The van der Waals surface area contributed by atoms with Crippen LogP contribution in [0.3, 0.4) is 0 Å². The zero-order chi connectivity index (χ0) is 23.6. The minimum Gasteiger partial charge on any atom is -0.481 e. The summed E-state index contributed by atoms with van der Waals surface area (Å²) in [6.07, 6.45) is 6.28. The van der Waals surface area contributed by atoms with Gasteiger partial charge in [0.15, 0.2) is 0 Å². The third-order valence-electron chi connectivity index (χ3n) is 6.31. The highest BCUT2D eigenvalue weighted by molar-refractivity contribution is 5.94. The lowest BCUT2D eigenvalue weighted by atomic mass is 9.92. The summed E-state index contributed by atoms with van der Waals surface area (Å²) in [5, 5.41) is 17.7. The maximum absolute atomic E-state index is 12.9. The highest BCUT2D eigenvalue weighted by Crippen LogP contribution is 2.21. The second kappa shape index (κ2) is 12.3. The van der Waals surface area contributed by atoms with Crippen molar-refractivity contribution in [2.24, 2.45) is 11.8 Å². The Bertz CT molecular complexity index is 828. The van der Waals surface area contributed by atoms with Gasteiger partial charge in [0.25, 0.3) is 5.91 Å². The number of carbonyl (C=O) groups is 4. The molecular formula is C23H33N5O5. The number of aromatic nitrogens is 1. The van der Waals surface area contributed by atoms with Gasteiger partial charge in [0, 0.05) is 37.5 Å². The number of carboxylic acid groups (broad SMARTS) is 1. The molecule has 0 aromatic carbocycles. The van der Waals surface area contributed by atoms with Crippen LogP contribution in [0, 0.1) is 11.8 Å². The molecule has 33 heavy (non-hydrogen) atoms. The molecule has 180 valence electrons. The predicted molar refractivity (Wildman–Crippen MR) is 120 cm³/mol. The first-order valence-corrected chi connectivity index (χ1v) is 11.6. The lowest BCUT2D eigenvalue weighted by molar-refractivity contribution is -0.138. The summed E-state index contributed by atoms with van der Waals surface area (Å²) in [5.41, 5.74) is 0.317. The SMILES string of the molecule is O=C(O)C[C@@H](NC(=O)c1ccncc1)NC(=O)[C@@H]1CCCN(C(=O)CCC2CCNCC2)C1. The molecule has 1 aromatic heterocycles. The van der Waals surface area contributed by atoms with Crippen LogP contribution in [-0.4, -0.2) is 71.0 Å². The molecule has 0 spiro atoms. The number of carbonyl (C=O) groups excluding carboxylic acids is 3. The summed E-state index contributed by atoms with van der Waals surface area (Å²) in [5.74, 6) is -1.79. The summed E-state index contributed by atoms with van der Waals surface area (Å²) >= 11 is 0. The van der Waals surface area contributed by atoms with Crippen LogP contribution in [0.25, 0.3) is 0 Å². The average molecular weight is 460 g/mol. The highest BCUT2D eigenvalue weighted by atomic mass is 16.4. The molecule has 2 aliphatic heterocycles. The molecule has 2 fully saturated rings. The minimum atomic E-state index is -1.14. The molecule has 3 rings (SSSR count). The second-order valence-corrected chi connectivity index (χ2v) is 8.78. The first-order chi connectivity index (χ1) is 15.9. The Balaban J connectivity index is 1.52. The van der Waals surface area contributed by atoms with Gasteiger partial charge in [-0.15, -0.1) is 0 Å². The van der Waals surface area contributed by atoms with Crippen LogP contribution in [0.2, 0.25) is 0 Å². The molecule has 2 aliphatic rings. The van der Waals surface area contributed by atoms with Crippen molar-refractivity contribution in [1.29, 1.82) is 0 Å². The monoisotopic (exact) mass is 459 g/mol. The van der Waals surface area contributed by atoms with E-state index in [2.05, 4.69) is 20.9 Å². The Morgan fingerprint density at radius 1 is 1.12 bits per heavy atom. The van der Waals surface area contributed by atoms with Crippen molar-refractivity contribution in [3.05, 3.63) is 30.1 Å². The fraction of sp³-hybridized carbons (Fsp3) is 0.609. The van der Waals surface area contributed by atoms with Crippen molar-refractivity contribution < 1.29 is 24.3 Å². The zero-order valence-electron chi connectivity index (χ0n) is 18.8. The van der Waals surface area contributed by atoms with Crippen molar-refractivity contribution in [3.63, 3.8) is 0 Å².